The van der Waals surface area contributed by atoms with Gasteiger partial charge in [-0.25, -0.2) is 4.79 Å². The minimum absolute atomic E-state index is 0.155. The van der Waals surface area contributed by atoms with Gasteiger partial charge >= 0.3 is 12.1 Å². The van der Waals surface area contributed by atoms with Crippen LogP contribution in [0.3, 0.4) is 0 Å². The lowest BCUT2D eigenvalue weighted by Crippen LogP contribution is -2.19. The fourth-order valence-corrected chi connectivity index (χ4v) is 2.08. The first-order chi connectivity index (χ1) is 11.7. The van der Waals surface area contributed by atoms with Gasteiger partial charge < -0.3 is 21.7 Å². The molecule has 2 rings (SSSR count). The van der Waals surface area contributed by atoms with Crippen LogP contribution in [0, 0.1) is 6.08 Å². The molecule has 0 saturated heterocycles. The van der Waals surface area contributed by atoms with Crippen LogP contribution in [-0.2, 0) is 10.1 Å². The number of carbonyl (C=O) groups is 1. The number of nitrogens with one attached hydrogen (secondary N) is 3. The van der Waals surface area contributed by atoms with Gasteiger partial charge in [-0.2, -0.15) is 27.8 Å². The van der Waals surface area contributed by atoms with E-state index in [0.29, 0.717) is 11.4 Å². The molecule has 2 amide bonds. The molecular formula is C12H14FN7O4S. The Morgan fingerprint density at radius 2 is 1.88 bits per heavy atom. The van der Waals surface area contributed by atoms with Gasteiger partial charge in [0.05, 0.1) is 5.75 Å². The average molecular weight is 371 g/mol. The number of nitrogens with zero attached hydrogens (tertiary/aromatic N) is 3. The van der Waals surface area contributed by atoms with Crippen LogP contribution in [0.4, 0.5) is 32.5 Å². The molecule has 134 valence electrons. The summed E-state index contributed by atoms with van der Waals surface area (Å²) < 4.78 is 43.4. The molecule has 0 spiro atoms. The molecule has 2 aromatic rings. The topological polar surface area (TPSA) is 172 Å². The number of primary amides is 1. The van der Waals surface area contributed by atoms with Crippen molar-refractivity contribution < 1.29 is 22.2 Å². The molecule has 0 aliphatic rings. The quantitative estimate of drug-likeness (QED) is 0.435. The molecule has 0 radical (unpaired) electrons. The van der Waals surface area contributed by atoms with Gasteiger partial charge in [0.2, 0.25) is 11.9 Å². The fraction of sp³-hybridized carbons (Fsp3) is 0.167. The van der Waals surface area contributed by atoms with Gasteiger partial charge in [0.15, 0.2) is 0 Å². The first kappa shape index (κ1) is 18.3. The van der Waals surface area contributed by atoms with Crippen molar-refractivity contribution in [3.05, 3.63) is 30.3 Å². The van der Waals surface area contributed by atoms with Gasteiger partial charge in [-0.15, -0.1) is 0 Å². The number of amides is 2. The highest BCUT2D eigenvalue weighted by Crippen LogP contribution is 2.18. The number of benzene rings is 1. The first-order valence-corrected chi connectivity index (χ1v) is 8.36. The Balaban J connectivity index is 2.10. The average Bonchev–Trinajstić information content (AvgIpc) is 2.44. The van der Waals surface area contributed by atoms with Crippen molar-refractivity contribution in [2.45, 2.75) is 0 Å². The van der Waals surface area contributed by atoms with Crippen molar-refractivity contribution >= 4 is 39.4 Å². The molecule has 6 N–H and O–H groups in total. The summed E-state index contributed by atoms with van der Waals surface area (Å²) in [4.78, 5) is 21.5. The Morgan fingerprint density at radius 1 is 1.20 bits per heavy atom. The van der Waals surface area contributed by atoms with E-state index >= 15 is 0 Å². The second-order valence-electron chi connectivity index (χ2n) is 4.66. The maximum absolute atomic E-state index is 13.5. The molecule has 0 aliphatic carbocycles. The molecule has 0 bridgehead atoms. The predicted octanol–water partition coefficient (Wildman–Crippen LogP) is 0.545. The lowest BCUT2D eigenvalue weighted by molar-refractivity contribution is 0.259. The van der Waals surface area contributed by atoms with Crippen LogP contribution in [0.5, 0.6) is 0 Å². The van der Waals surface area contributed by atoms with Crippen LogP contribution in [0.25, 0.3) is 0 Å². The van der Waals surface area contributed by atoms with Crippen molar-refractivity contribution in [1.29, 1.82) is 0 Å². The third kappa shape index (κ3) is 6.52. The number of hydrogen-bond acceptors (Lipinski definition) is 8. The SMILES string of the molecule is NC(=O)Nc1cccc(Nc2nc(F)nc(NCCS(=O)(=O)O)n2)c1. The zero-order chi connectivity index (χ0) is 18.4. The highest BCUT2D eigenvalue weighted by molar-refractivity contribution is 7.85. The Hall–Kier alpha value is -3.06. The summed E-state index contributed by atoms with van der Waals surface area (Å²) in [7, 11) is -4.17. The molecule has 0 saturated carbocycles. The van der Waals surface area contributed by atoms with Crippen molar-refractivity contribution in [3.8, 4) is 0 Å². The molecular weight excluding hydrogens is 357 g/mol. The lowest BCUT2D eigenvalue weighted by atomic mass is 10.3. The smallest absolute Gasteiger partial charge is 0.316 e. The summed E-state index contributed by atoms with van der Waals surface area (Å²) in [5, 5.41) is 7.53. The molecule has 1 heterocycles. The molecule has 0 aliphatic heterocycles. The summed E-state index contributed by atoms with van der Waals surface area (Å²) >= 11 is 0. The maximum Gasteiger partial charge on any atom is 0.316 e. The van der Waals surface area contributed by atoms with Crippen LogP contribution in [0.2, 0.25) is 0 Å². The molecule has 1 aromatic heterocycles. The zero-order valence-electron chi connectivity index (χ0n) is 12.6. The summed E-state index contributed by atoms with van der Waals surface area (Å²) in [6.07, 6.45) is -1.10. The van der Waals surface area contributed by atoms with Crippen LogP contribution in [0.15, 0.2) is 24.3 Å². The monoisotopic (exact) mass is 371 g/mol. The van der Waals surface area contributed by atoms with E-state index in [4.69, 9.17) is 10.3 Å². The Kier molecular flexibility index (Phi) is 5.61. The standard InChI is InChI=1S/C12H14FN7O4S/c13-9-18-11(15-4-5-25(22,23)24)20-12(19-9)17-8-3-1-2-7(6-8)16-10(14)21/h1-3,6H,4-5H2,(H3,14,16,21)(H,22,23,24)(H2,15,17,18,19,20). The number of halogens is 1. The van der Waals surface area contributed by atoms with Crippen molar-refractivity contribution in [2.24, 2.45) is 5.73 Å². The normalized spacial score (nSPS) is 11.0. The Labute approximate surface area is 141 Å². The second-order valence-corrected chi connectivity index (χ2v) is 6.23. The van der Waals surface area contributed by atoms with Gasteiger partial charge in [-0.05, 0) is 18.2 Å². The van der Waals surface area contributed by atoms with E-state index in [9.17, 15) is 17.6 Å². The van der Waals surface area contributed by atoms with Crippen molar-refractivity contribution in [1.82, 2.24) is 15.0 Å². The molecule has 11 nitrogen and oxygen atoms in total. The van der Waals surface area contributed by atoms with Gasteiger partial charge in [-0.3, -0.25) is 4.55 Å². The third-order valence-corrected chi connectivity index (χ3v) is 3.36. The molecule has 0 fully saturated rings. The van der Waals surface area contributed by atoms with Crippen LogP contribution >= 0.6 is 0 Å². The Bertz CT molecular complexity index is 878. The predicted molar refractivity (Wildman–Crippen MR) is 87.6 cm³/mol. The van der Waals surface area contributed by atoms with Crippen LogP contribution < -0.4 is 21.7 Å². The fourth-order valence-electron chi connectivity index (χ4n) is 1.72. The molecule has 1 aromatic carbocycles. The zero-order valence-corrected chi connectivity index (χ0v) is 13.4. The highest BCUT2D eigenvalue weighted by Gasteiger charge is 2.09. The number of nitrogens with two attached hydrogens (primary N) is 1. The van der Waals surface area contributed by atoms with Gasteiger partial charge in [0.25, 0.3) is 10.1 Å². The number of aromatic nitrogens is 3. The molecule has 13 heteroatoms. The van der Waals surface area contributed by atoms with Crippen molar-refractivity contribution in [2.75, 3.05) is 28.2 Å². The Morgan fingerprint density at radius 3 is 2.56 bits per heavy atom. The van der Waals surface area contributed by atoms with Crippen molar-refractivity contribution in [3.63, 3.8) is 0 Å². The second kappa shape index (κ2) is 7.67. The minimum Gasteiger partial charge on any atom is -0.353 e. The van der Waals surface area contributed by atoms with E-state index in [1.807, 2.05) is 0 Å². The van der Waals surface area contributed by atoms with Crippen LogP contribution in [-0.4, -0.2) is 46.3 Å². The minimum atomic E-state index is -4.17. The summed E-state index contributed by atoms with van der Waals surface area (Å²) in [5.74, 6) is -0.965. The number of rotatable bonds is 7. The van der Waals surface area contributed by atoms with Gasteiger partial charge in [0.1, 0.15) is 0 Å². The van der Waals surface area contributed by atoms with E-state index in [0.717, 1.165) is 0 Å². The van der Waals surface area contributed by atoms with Gasteiger partial charge in [0, 0.05) is 17.9 Å². The highest BCUT2D eigenvalue weighted by atomic mass is 32.2. The summed E-state index contributed by atoms with van der Waals surface area (Å²) in [6, 6.07) is 5.58. The lowest BCUT2D eigenvalue weighted by Gasteiger charge is -2.09. The van der Waals surface area contributed by atoms with E-state index in [1.54, 1.807) is 18.2 Å². The van der Waals surface area contributed by atoms with E-state index in [1.165, 1.54) is 6.07 Å². The van der Waals surface area contributed by atoms with E-state index < -0.39 is 28.0 Å². The van der Waals surface area contributed by atoms with Gasteiger partial charge in [-0.1, -0.05) is 6.07 Å². The van der Waals surface area contributed by atoms with E-state index in [-0.39, 0.29) is 18.4 Å². The maximum atomic E-state index is 13.5. The number of hydrogen-bond donors (Lipinski definition) is 5. The molecule has 0 atom stereocenters. The van der Waals surface area contributed by atoms with E-state index in [2.05, 4.69) is 30.9 Å². The summed E-state index contributed by atoms with van der Waals surface area (Å²) in [6.45, 7) is -0.222. The number of urea groups is 1. The summed E-state index contributed by atoms with van der Waals surface area (Å²) in [5.41, 5.74) is 5.85. The first-order valence-electron chi connectivity index (χ1n) is 6.75. The van der Waals surface area contributed by atoms with Crippen LogP contribution in [0.1, 0.15) is 0 Å². The third-order valence-electron chi connectivity index (χ3n) is 2.64. The molecule has 0 unspecified atom stereocenters. The number of carbonyl (C=O) groups excluding carboxylic acids is 1. The largest absolute Gasteiger partial charge is 0.353 e. The number of anilines is 4. The molecule has 25 heavy (non-hydrogen) atoms.